The van der Waals surface area contributed by atoms with Crippen molar-refractivity contribution in [1.29, 1.82) is 0 Å². The van der Waals surface area contributed by atoms with Gasteiger partial charge in [-0.1, -0.05) is 225 Å². The molecular formula is C56H104N2O6. The van der Waals surface area contributed by atoms with Crippen molar-refractivity contribution in [3.63, 3.8) is 0 Å². The normalized spacial score (nSPS) is 12.0. The molecule has 0 aromatic heterocycles. The van der Waals surface area contributed by atoms with Crippen molar-refractivity contribution in [2.24, 2.45) is 17.6 Å². The minimum Gasteiger partial charge on any atom is -0.465 e. The van der Waals surface area contributed by atoms with Crippen LogP contribution in [-0.2, 0) is 30.4 Å². The number of unbranched alkanes of at least 4 members (excludes halogenated alkanes) is 24. The van der Waals surface area contributed by atoms with Crippen molar-refractivity contribution in [1.82, 2.24) is 5.32 Å². The van der Waals surface area contributed by atoms with Gasteiger partial charge in [0, 0.05) is 19.4 Å². The van der Waals surface area contributed by atoms with Crippen molar-refractivity contribution in [3.8, 4) is 0 Å². The molecule has 1 amide bonds. The summed E-state index contributed by atoms with van der Waals surface area (Å²) in [4.78, 5) is 36.0. The summed E-state index contributed by atoms with van der Waals surface area (Å²) >= 11 is 0. The van der Waals surface area contributed by atoms with Gasteiger partial charge < -0.3 is 25.3 Å². The lowest BCUT2D eigenvalue weighted by Gasteiger charge is -2.17. The average molecular weight is 901 g/mol. The number of hydrogen-bond acceptors (Lipinski definition) is 7. The molecule has 1 rings (SSSR count). The second kappa shape index (κ2) is 49.8. The van der Waals surface area contributed by atoms with E-state index in [1.54, 1.807) is 0 Å². The Labute approximate surface area is 395 Å². The van der Waals surface area contributed by atoms with E-state index < -0.39 is 0 Å². The molecule has 0 spiro atoms. The molecule has 0 aliphatic carbocycles. The fraction of sp³-hybridized carbons (Fsp3) is 0.839. The molecule has 8 heteroatoms. The molecule has 0 saturated carbocycles. The molecule has 1 aromatic carbocycles. The Morgan fingerprint density at radius 1 is 0.453 bits per heavy atom. The maximum atomic E-state index is 12.3. The second-order valence-corrected chi connectivity index (χ2v) is 18.7. The summed E-state index contributed by atoms with van der Waals surface area (Å²) in [6.45, 7) is 12.0. The highest BCUT2D eigenvalue weighted by Gasteiger charge is 2.14. The molecule has 374 valence electrons. The first-order valence-electron chi connectivity index (χ1n) is 27.4. The maximum absolute atomic E-state index is 12.3. The van der Waals surface area contributed by atoms with Gasteiger partial charge in [-0.2, -0.15) is 0 Å². The highest BCUT2D eigenvalue weighted by atomic mass is 16.5. The van der Waals surface area contributed by atoms with Crippen LogP contribution >= 0.6 is 0 Å². The van der Waals surface area contributed by atoms with Crippen LogP contribution in [0.1, 0.15) is 264 Å². The van der Waals surface area contributed by atoms with Crippen LogP contribution in [0, 0.1) is 11.8 Å². The predicted molar refractivity (Wildman–Crippen MR) is 271 cm³/mol. The Balaban J connectivity index is 0.00000131. The van der Waals surface area contributed by atoms with Crippen LogP contribution in [-0.4, -0.2) is 44.3 Å². The van der Waals surface area contributed by atoms with Crippen LogP contribution in [0.3, 0.4) is 0 Å². The molecular weight excluding hydrogens is 797 g/mol. The molecule has 0 bridgehead atoms. The molecule has 0 heterocycles. The van der Waals surface area contributed by atoms with Crippen LogP contribution in [0.25, 0.3) is 0 Å². The number of carbonyl (C=O) groups excluding carboxylic acids is 3. The number of nitrogens with two attached hydrogens (primary N) is 1. The molecule has 1 aromatic rings. The molecule has 0 fully saturated rings. The molecule has 2 unspecified atom stereocenters. The van der Waals surface area contributed by atoms with Crippen molar-refractivity contribution >= 4 is 18.0 Å². The number of nitrogens with one attached hydrogen (secondary N) is 1. The summed E-state index contributed by atoms with van der Waals surface area (Å²) in [7, 11) is 0. The minimum absolute atomic E-state index is 0.00956. The highest BCUT2D eigenvalue weighted by Crippen LogP contribution is 2.22. The summed E-state index contributed by atoms with van der Waals surface area (Å²) in [5, 5.41) is 2.80. The average Bonchev–Trinajstić information content (AvgIpc) is 3.31. The van der Waals surface area contributed by atoms with E-state index in [2.05, 4.69) is 33.0 Å². The van der Waals surface area contributed by atoms with Gasteiger partial charge in [0.15, 0.2) is 0 Å². The molecule has 0 aliphatic rings. The fourth-order valence-corrected chi connectivity index (χ4v) is 8.17. The smallest absolute Gasteiger partial charge is 0.407 e. The summed E-state index contributed by atoms with van der Waals surface area (Å²) < 4.78 is 16.5. The third-order valence-electron chi connectivity index (χ3n) is 12.4. The molecule has 8 nitrogen and oxygen atoms in total. The van der Waals surface area contributed by atoms with Crippen LogP contribution < -0.4 is 11.1 Å². The Bertz CT molecular complexity index is 1130. The number of esters is 2. The Kier molecular flexibility index (Phi) is 47.8. The summed E-state index contributed by atoms with van der Waals surface area (Å²) in [6.07, 6.45) is 42.3. The third kappa shape index (κ3) is 44.6. The largest absolute Gasteiger partial charge is 0.465 e. The standard InChI is InChI=1S/C32H55NO4.C24H49NO2/c1-3-5-7-9-11-16-22-29(21-15-8-6-4-2)27-36-31(34)25-19-12-10-13-20-26-33-32(35)37-28-30-23-17-14-18-24-30;1-3-5-7-9-11-15-19-23(18-14-8-6-4-2)22-27-24(26)20-16-12-10-13-17-21-25/h14,17-18,23-24,29H,3-13,15-16,19-22,25-28H2,1-2H3,(H,33,35);23H,3-22,25H2,1-2H3. The van der Waals surface area contributed by atoms with Crippen LogP contribution in [0.2, 0.25) is 0 Å². The van der Waals surface area contributed by atoms with E-state index in [1.165, 1.54) is 167 Å². The number of amides is 1. The first-order chi connectivity index (χ1) is 31.4. The van der Waals surface area contributed by atoms with Crippen molar-refractivity contribution in [2.45, 2.75) is 265 Å². The lowest BCUT2D eigenvalue weighted by molar-refractivity contribution is -0.146. The van der Waals surface area contributed by atoms with Gasteiger partial charge in [0.25, 0.3) is 0 Å². The van der Waals surface area contributed by atoms with E-state index in [0.29, 0.717) is 51.0 Å². The number of benzene rings is 1. The third-order valence-corrected chi connectivity index (χ3v) is 12.4. The van der Waals surface area contributed by atoms with Crippen molar-refractivity contribution < 1.29 is 28.6 Å². The van der Waals surface area contributed by atoms with Crippen LogP contribution in [0.5, 0.6) is 0 Å². The lowest BCUT2D eigenvalue weighted by Crippen LogP contribution is -2.25. The maximum Gasteiger partial charge on any atom is 0.407 e. The van der Waals surface area contributed by atoms with Gasteiger partial charge in [-0.15, -0.1) is 0 Å². The van der Waals surface area contributed by atoms with E-state index in [1.807, 2.05) is 30.3 Å². The number of carbonyl (C=O) groups is 3. The van der Waals surface area contributed by atoms with E-state index >= 15 is 0 Å². The Morgan fingerprint density at radius 3 is 1.23 bits per heavy atom. The van der Waals surface area contributed by atoms with Gasteiger partial charge in [0.2, 0.25) is 0 Å². The zero-order chi connectivity index (χ0) is 46.8. The topological polar surface area (TPSA) is 117 Å². The van der Waals surface area contributed by atoms with Crippen molar-refractivity contribution in [3.05, 3.63) is 35.9 Å². The minimum atomic E-state index is -0.369. The quantitative estimate of drug-likeness (QED) is 0.0380. The second-order valence-electron chi connectivity index (χ2n) is 18.7. The van der Waals surface area contributed by atoms with E-state index in [-0.39, 0.29) is 18.0 Å². The fourth-order valence-electron chi connectivity index (χ4n) is 8.17. The number of rotatable bonds is 45. The van der Waals surface area contributed by atoms with Gasteiger partial charge in [0.1, 0.15) is 6.61 Å². The van der Waals surface area contributed by atoms with E-state index in [4.69, 9.17) is 19.9 Å². The summed E-state index contributed by atoms with van der Waals surface area (Å²) in [5.41, 5.74) is 6.48. The first kappa shape index (κ1) is 61.4. The van der Waals surface area contributed by atoms with Crippen LogP contribution in [0.4, 0.5) is 4.79 Å². The molecule has 64 heavy (non-hydrogen) atoms. The number of ether oxygens (including phenoxy) is 3. The summed E-state index contributed by atoms with van der Waals surface area (Å²) in [5.74, 6) is 1.07. The predicted octanol–water partition coefficient (Wildman–Crippen LogP) is 16.3. The van der Waals surface area contributed by atoms with Gasteiger partial charge in [-0.05, 0) is 75.3 Å². The zero-order valence-corrected chi connectivity index (χ0v) is 42.6. The molecule has 3 N–H and O–H groups in total. The van der Waals surface area contributed by atoms with E-state index in [0.717, 1.165) is 63.5 Å². The monoisotopic (exact) mass is 901 g/mol. The van der Waals surface area contributed by atoms with Gasteiger partial charge in [-0.3, -0.25) is 9.59 Å². The van der Waals surface area contributed by atoms with Gasteiger partial charge in [0.05, 0.1) is 13.2 Å². The lowest BCUT2D eigenvalue weighted by atomic mass is 9.95. The van der Waals surface area contributed by atoms with Crippen LogP contribution in [0.15, 0.2) is 30.3 Å². The van der Waals surface area contributed by atoms with E-state index in [9.17, 15) is 14.4 Å². The van der Waals surface area contributed by atoms with Gasteiger partial charge in [-0.25, -0.2) is 4.79 Å². The summed E-state index contributed by atoms with van der Waals surface area (Å²) in [6, 6.07) is 9.68. The molecule has 0 aliphatic heterocycles. The highest BCUT2D eigenvalue weighted by molar-refractivity contribution is 5.69. The number of hydrogen-bond donors (Lipinski definition) is 2. The first-order valence-corrected chi connectivity index (χ1v) is 27.4. The van der Waals surface area contributed by atoms with Gasteiger partial charge >= 0.3 is 18.0 Å². The number of alkyl carbamates (subject to hydrolysis) is 1. The molecule has 0 saturated heterocycles. The van der Waals surface area contributed by atoms with Crippen molar-refractivity contribution in [2.75, 3.05) is 26.3 Å². The molecule has 0 radical (unpaired) electrons. The molecule has 2 atom stereocenters. The SMILES string of the molecule is CCCCCCCCC(CCCCCC)COC(=O)CCCCCCCN.CCCCCCCCC(CCCCCC)COC(=O)CCCCCCCNC(=O)OCc1ccccc1. The Hall–Kier alpha value is -2.61. The Morgan fingerprint density at radius 2 is 0.812 bits per heavy atom. The zero-order valence-electron chi connectivity index (χ0n) is 42.6.